The van der Waals surface area contributed by atoms with Gasteiger partial charge in [0.2, 0.25) is 0 Å². The van der Waals surface area contributed by atoms with Crippen molar-refractivity contribution in [3.05, 3.63) is 40.7 Å². The maximum atomic E-state index is 11.9. The third kappa shape index (κ3) is 4.34. The van der Waals surface area contributed by atoms with Crippen molar-refractivity contribution >= 4 is 22.6 Å². The lowest BCUT2D eigenvalue weighted by Gasteiger charge is -2.11. The van der Waals surface area contributed by atoms with Crippen LogP contribution < -0.4 is 10.9 Å². The molecule has 0 amide bonds. The fraction of sp³-hybridized carbons (Fsp3) is 0.375. The van der Waals surface area contributed by atoms with Crippen LogP contribution in [0, 0.1) is 5.92 Å². The molecule has 112 valence electrons. The van der Waals surface area contributed by atoms with Gasteiger partial charge in [0.25, 0.3) is 5.56 Å². The van der Waals surface area contributed by atoms with E-state index >= 15 is 0 Å². The van der Waals surface area contributed by atoms with Gasteiger partial charge in [0.15, 0.2) is 0 Å². The molecule has 1 aromatic heterocycles. The highest BCUT2D eigenvalue weighted by molar-refractivity contribution is 5.83. The monoisotopic (exact) mass is 288 g/mol. The number of rotatable bonds is 7. The number of carbonyl (C=O) groups is 1. The average Bonchev–Trinajstić information content (AvgIpc) is 2.45. The van der Waals surface area contributed by atoms with Gasteiger partial charge < -0.3 is 15.4 Å². The lowest BCUT2D eigenvalue weighted by molar-refractivity contribution is -0.137. The van der Waals surface area contributed by atoms with E-state index in [9.17, 15) is 9.59 Å². The normalized spacial score (nSPS) is 12.2. The highest BCUT2D eigenvalue weighted by Crippen LogP contribution is 2.14. The Morgan fingerprint density at radius 2 is 2.10 bits per heavy atom. The molecule has 0 saturated heterocycles. The van der Waals surface area contributed by atoms with E-state index in [2.05, 4.69) is 10.3 Å². The summed E-state index contributed by atoms with van der Waals surface area (Å²) in [6, 6.07) is 9.37. The zero-order chi connectivity index (χ0) is 15.2. The van der Waals surface area contributed by atoms with Crippen LogP contribution in [0.5, 0.6) is 0 Å². The van der Waals surface area contributed by atoms with Crippen molar-refractivity contribution in [3.8, 4) is 0 Å². The van der Waals surface area contributed by atoms with E-state index in [1.165, 1.54) is 0 Å². The first-order valence-corrected chi connectivity index (χ1v) is 7.14. The molecule has 0 bridgehead atoms. The van der Waals surface area contributed by atoms with Crippen molar-refractivity contribution in [3.63, 3.8) is 0 Å². The largest absolute Gasteiger partial charge is 0.481 e. The number of H-pyrrole nitrogens is 1. The Morgan fingerprint density at radius 1 is 1.33 bits per heavy atom. The molecule has 2 aromatic rings. The van der Waals surface area contributed by atoms with E-state index in [1.807, 2.05) is 31.2 Å². The van der Waals surface area contributed by atoms with Crippen LogP contribution in [0.2, 0.25) is 0 Å². The molecule has 1 aromatic carbocycles. The molecule has 1 unspecified atom stereocenters. The number of fused-ring (bicyclic) bond motifs is 1. The van der Waals surface area contributed by atoms with Gasteiger partial charge >= 0.3 is 5.97 Å². The van der Waals surface area contributed by atoms with E-state index in [0.717, 1.165) is 11.8 Å². The zero-order valence-corrected chi connectivity index (χ0v) is 12.1. The van der Waals surface area contributed by atoms with E-state index in [-0.39, 0.29) is 12.0 Å². The summed E-state index contributed by atoms with van der Waals surface area (Å²) in [4.78, 5) is 25.2. The van der Waals surface area contributed by atoms with Gasteiger partial charge in [-0.2, -0.15) is 0 Å². The second-order valence-corrected chi connectivity index (χ2v) is 5.35. The molecule has 0 aliphatic carbocycles. The molecule has 0 spiro atoms. The quantitative estimate of drug-likeness (QED) is 0.731. The molecular formula is C16H20N2O3. The first-order valence-electron chi connectivity index (χ1n) is 7.14. The van der Waals surface area contributed by atoms with Crippen LogP contribution in [-0.2, 0) is 4.79 Å². The Morgan fingerprint density at radius 3 is 2.86 bits per heavy atom. The minimum absolute atomic E-state index is 0.102. The summed E-state index contributed by atoms with van der Waals surface area (Å²) in [6.07, 6.45) is 1.74. The Labute approximate surface area is 123 Å². The number of aromatic nitrogens is 1. The molecule has 0 saturated carbocycles. The molecule has 1 heterocycles. The number of aromatic amines is 1. The van der Waals surface area contributed by atoms with E-state index in [1.54, 1.807) is 6.07 Å². The Kier molecular flexibility index (Phi) is 4.98. The standard InChI is InChI=1S/C16H20N2O3/c1-11(6-7-15(19)20)8-9-17-14-10-12-4-2-3-5-13(12)16(21)18-14/h2-5,10-11H,6-9H2,1H3,(H,19,20)(H2,17,18,21). The van der Waals surface area contributed by atoms with Gasteiger partial charge in [0.1, 0.15) is 5.82 Å². The van der Waals surface area contributed by atoms with Crippen molar-refractivity contribution in [2.75, 3.05) is 11.9 Å². The molecule has 0 aliphatic rings. The molecule has 5 heteroatoms. The minimum Gasteiger partial charge on any atom is -0.481 e. The number of hydrogen-bond donors (Lipinski definition) is 3. The fourth-order valence-electron chi connectivity index (χ4n) is 2.27. The average molecular weight is 288 g/mol. The fourth-order valence-corrected chi connectivity index (χ4v) is 2.27. The number of carboxylic acid groups (broad SMARTS) is 1. The van der Waals surface area contributed by atoms with Gasteiger partial charge in [-0.3, -0.25) is 9.59 Å². The van der Waals surface area contributed by atoms with Crippen LogP contribution >= 0.6 is 0 Å². The van der Waals surface area contributed by atoms with Crippen molar-refractivity contribution in [1.82, 2.24) is 4.98 Å². The van der Waals surface area contributed by atoms with Crippen molar-refractivity contribution in [1.29, 1.82) is 0 Å². The molecule has 0 radical (unpaired) electrons. The van der Waals surface area contributed by atoms with Crippen molar-refractivity contribution < 1.29 is 9.90 Å². The van der Waals surface area contributed by atoms with Gasteiger partial charge in [-0.15, -0.1) is 0 Å². The number of pyridine rings is 1. The topological polar surface area (TPSA) is 82.2 Å². The first kappa shape index (κ1) is 15.1. The molecule has 1 atom stereocenters. The second kappa shape index (κ2) is 6.92. The van der Waals surface area contributed by atoms with Crippen LogP contribution in [0.25, 0.3) is 10.8 Å². The van der Waals surface area contributed by atoms with Crippen LogP contribution in [0.15, 0.2) is 35.1 Å². The predicted molar refractivity (Wildman–Crippen MR) is 83.7 cm³/mol. The van der Waals surface area contributed by atoms with Crippen LogP contribution in [-0.4, -0.2) is 22.6 Å². The number of aliphatic carboxylic acids is 1. The summed E-state index contributed by atoms with van der Waals surface area (Å²) in [6.45, 7) is 2.74. The second-order valence-electron chi connectivity index (χ2n) is 5.35. The summed E-state index contributed by atoms with van der Waals surface area (Å²) in [5, 5.41) is 13.4. The molecule has 5 nitrogen and oxygen atoms in total. The maximum Gasteiger partial charge on any atom is 0.303 e. The SMILES string of the molecule is CC(CCNc1cc2ccccc2c(=O)[nH]1)CCC(=O)O. The van der Waals surface area contributed by atoms with Gasteiger partial charge in [0.05, 0.1) is 0 Å². The van der Waals surface area contributed by atoms with Gasteiger partial charge in [-0.1, -0.05) is 25.1 Å². The van der Waals surface area contributed by atoms with E-state index in [4.69, 9.17) is 5.11 Å². The lowest BCUT2D eigenvalue weighted by atomic mass is 10.0. The van der Waals surface area contributed by atoms with Crippen LogP contribution in [0.3, 0.4) is 0 Å². The molecule has 0 aliphatic heterocycles. The van der Waals surface area contributed by atoms with Crippen molar-refractivity contribution in [2.24, 2.45) is 5.92 Å². The van der Waals surface area contributed by atoms with Crippen molar-refractivity contribution in [2.45, 2.75) is 26.2 Å². The number of benzene rings is 1. The summed E-state index contributed by atoms with van der Waals surface area (Å²) < 4.78 is 0. The number of nitrogens with one attached hydrogen (secondary N) is 2. The molecule has 0 fully saturated rings. The molecule has 21 heavy (non-hydrogen) atoms. The number of anilines is 1. The molecular weight excluding hydrogens is 268 g/mol. The van der Waals surface area contributed by atoms with Gasteiger partial charge in [-0.05, 0) is 36.3 Å². The van der Waals surface area contributed by atoms with Gasteiger partial charge in [0, 0.05) is 18.4 Å². The number of carboxylic acids is 1. The number of hydrogen-bond acceptors (Lipinski definition) is 3. The van der Waals surface area contributed by atoms with Crippen LogP contribution in [0.4, 0.5) is 5.82 Å². The lowest BCUT2D eigenvalue weighted by Crippen LogP contribution is -2.13. The summed E-state index contributed by atoms with van der Waals surface area (Å²) in [5.41, 5.74) is -0.102. The Bertz CT molecular complexity index is 679. The smallest absolute Gasteiger partial charge is 0.303 e. The maximum absolute atomic E-state index is 11.9. The predicted octanol–water partition coefficient (Wildman–Crippen LogP) is 2.83. The van der Waals surface area contributed by atoms with E-state index < -0.39 is 5.97 Å². The van der Waals surface area contributed by atoms with E-state index in [0.29, 0.717) is 30.1 Å². The first-order chi connectivity index (χ1) is 10.1. The highest BCUT2D eigenvalue weighted by atomic mass is 16.4. The van der Waals surface area contributed by atoms with Crippen LogP contribution in [0.1, 0.15) is 26.2 Å². The Balaban J connectivity index is 1.92. The highest BCUT2D eigenvalue weighted by Gasteiger charge is 2.06. The minimum atomic E-state index is -0.756. The molecule has 2 rings (SSSR count). The zero-order valence-electron chi connectivity index (χ0n) is 12.1. The third-order valence-corrected chi connectivity index (χ3v) is 3.56. The third-order valence-electron chi connectivity index (χ3n) is 3.56. The summed E-state index contributed by atoms with van der Waals surface area (Å²) >= 11 is 0. The van der Waals surface area contributed by atoms with Gasteiger partial charge in [-0.25, -0.2) is 0 Å². The summed E-state index contributed by atoms with van der Waals surface area (Å²) in [7, 11) is 0. The summed E-state index contributed by atoms with van der Waals surface area (Å²) in [5.74, 6) is 0.276. The Hall–Kier alpha value is -2.30. The molecule has 3 N–H and O–H groups in total.